The smallest absolute Gasteiger partial charge is 0.393 e. The van der Waals surface area contributed by atoms with Crippen LogP contribution in [0.5, 0.6) is 0 Å². The third kappa shape index (κ3) is 4.79. The van der Waals surface area contributed by atoms with E-state index in [1.165, 1.54) is 12.5 Å². The Labute approximate surface area is 225 Å². The van der Waals surface area contributed by atoms with Crippen LogP contribution in [0.3, 0.4) is 0 Å². The molecule has 4 fully saturated rings. The largest absolute Gasteiger partial charge is 0.397 e. The van der Waals surface area contributed by atoms with Gasteiger partial charge in [0.15, 0.2) is 6.29 Å². The monoisotopic (exact) mass is 560 g/mol. The van der Waals surface area contributed by atoms with Crippen molar-refractivity contribution in [3.8, 4) is 0 Å². The van der Waals surface area contributed by atoms with Crippen molar-refractivity contribution < 1.29 is 47.1 Å². The molecule has 0 bridgehead atoms. The summed E-state index contributed by atoms with van der Waals surface area (Å²) in [6, 6.07) is 0. The average Bonchev–Trinajstić information content (AvgIpc) is 3.18. The Morgan fingerprint density at radius 1 is 1.08 bits per heavy atom. The molecule has 5 rings (SSSR count). The number of aliphatic hydroxyl groups is 4. The van der Waals surface area contributed by atoms with Crippen LogP contribution < -0.4 is 0 Å². The highest BCUT2D eigenvalue weighted by molar-refractivity contribution is 7.80. The summed E-state index contributed by atoms with van der Waals surface area (Å²) < 4.78 is 48.4. The zero-order valence-electron chi connectivity index (χ0n) is 22.6. The molecule has 3 saturated carbocycles. The Morgan fingerprint density at radius 3 is 2.45 bits per heavy atom. The average molecular weight is 561 g/mol. The fourth-order valence-corrected chi connectivity index (χ4v) is 9.62. The van der Waals surface area contributed by atoms with Gasteiger partial charge < -0.3 is 29.9 Å². The van der Waals surface area contributed by atoms with E-state index in [1.807, 2.05) is 6.92 Å². The van der Waals surface area contributed by atoms with Gasteiger partial charge in [-0.3, -0.25) is 4.55 Å². The molecule has 14 unspecified atom stereocenters. The summed E-state index contributed by atoms with van der Waals surface area (Å²) >= 11 is 0. The first kappa shape index (κ1) is 28.9. The Morgan fingerprint density at radius 2 is 1.79 bits per heavy atom. The lowest BCUT2D eigenvalue weighted by Crippen LogP contribution is -2.61. The zero-order chi connectivity index (χ0) is 27.8. The number of hydrogen-bond acceptors (Lipinski definition) is 9. The molecule has 218 valence electrons. The van der Waals surface area contributed by atoms with Crippen LogP contribution in [0.4, 0.5) is 0 Å². The SMILES string of the molecule is CC(O)C1CCC2C3CC(OC4OC(C)C(OS(=O)(=O)O)C(O)C4O)C4CC(O)CCC4(C)C3=CCC12C. The molecule has 5 N–H and O–H groups in total. The molecule has 0 aromatic rings. The van der Waals surface area contributed by atoms with Gasteiger partial charge in [0.25, 0.3) is 0 Å². The predicted molar refractivity (Wildman–Crippen MR) is 136 cm³/mol. The number of ether oxygens (including phenoxy) is 2. The van der Waals surface area contributed by atoms with Gasteiger partial charge in [0, 0.05) is 0 Å². The van der Waals surface area contributed by atoms with E-state index < -0.39 is 47.2 Å². The van der Waals surface area contributed by atoms with Gasteiger partial charge in [0.05, 0.1) is 24.4 Å². The first-order valence-electron chi connectivity index (χ1n) is 14.0. The molecule has 1 heterocycles. The highest BCUT2D eigenvalue weighted by Gasteiger charge is 2.61. The van der Waals surface area contributed by atoms with Gasteiger partial charge in [-0.1, -0.05) is 25.5 Å². The van der Waals surface area contributed by atoms with E-state index in [0.717, 1.165) is 25.7 Å². The minimum Gasteiger partial charge on any atom is -0.393 e. The maximum atomic E-state index is 11.2. The molecule has 10 nitrogen and oxygen atoms in total. The lowest BCUT2D eigenvalue weighted by molar-refractivity contribution is -0.312. The van der Waals surface area contributed by atoms with Crippen LogP contribution >= 0.6 is 0 Å². The van der Waals surface area contributed by atoms with Gasteiger partial charge in [0.1, 0.15) is 18.3 Å². The Bertz CT molecular complexity index is 1030. The standard InChI is InChI=1S/C27H44O10S/c1-13(28)17-5-6-18-16-12-21(36-25-23(31)22(30)24(14(2)35-25)37-38(32,33)34)20-11-15(29)7-9-27(20,4)19(16)8-10-26(17,18)3/h8,13-18,20-25,28-31H,5-7,9-12H2,1-4H3,(H,32,33,34). The van der Waals surface area contributed by atoms with Gasteiger partial charge in [-0.25, -0.2) is 4.18 Å². The third-order valence-corrected chi connectivity index (χ3v) is 11.4. The van der Waals surface area contributed by atoms with Gasteiger partial charge in [0.2, 0.25) is 0 Å². The van der Waals surface area contributed by atoms with Crippen molar-refractivity contribution in [2.45, 2.75) is 122 Å². The maximum absolute atomic E-state index is 11.2. The fourth-order valence-electron chi connectivity index (χ4n) is 9.07. The molecule has 0 radical (unpaired) electrons. The minimum atomic E-state index is -4.87. The van der Waals surface area contributed by atoms with E-state index in [1.54, 1.807) is 0 Å². The van der Waals surface area contributed by atoms with Crippen molar-refractivity contribution in [2.75, 3.05) is 0 Å². The van der Waals surface area contributed by atoms with Crippen molar-refractivity contribution in [3.63, 3.8) is 0 Å². The summed E-state index contributed by atoms with van der Waals surface area (Å²) in [5, 5.41) is 42.7. The number of aliphatic hydroxyl groups excluding tert-OH is 4. The van der Waals surface area contributed by atoms with Gasteiger partial charge >= 0.3 is 10.4 Å². The summed E-state index contributed by atoms with van der Waals surface area (Å²) in [5.41, 5.74) is 1.22. The van der Waals surface area contributed by atoms with Crippen molar-refractivity contribution in [2.24, 2.45) is 34.5 Å². The van der Waals surface area contributed by atoms with Gasteiger partial charge in [-0.15, -0.1) is 0 Å². The van der Waals surface area contributed by atoms with Crippen LogP contribution in [-0.4, -0.2) is 82.4 Å². The van der Waals surface area contributed by atoms with Crippen LogP contribution in [0.25, 0.3) is 0 Å². The Kier molecular flexibility index (Phi) is 7.62. The van der Waals surface area contributed by atoms with Crippen molar-refractivity contribution >= 4 is 10.4 Å². The van der Waals surface area contributed by atoms with Gasteiger partial charge in [-0.2, -0.15) is 8.42 Å². The van der Waals surface area contributed by atoms with Crippen LogP contribution in [0.15, 0.2) is 11.6 Å². The number of fused-ring (bicyclic) bond motifs is 5. The first-order chi connectivity index (χ1) is 17.7. The maximum Gasteiger partial charge on any atom is 0.397 e. The van der Waals surface area contributed by atoms with Crippen molar-refractivity contribution in [3.05, 3.63) is 11.6 Å². The highest BCUT2D eigenvalue weighted by atomic mass is 32.3. The fraction of sp³-hybridized carbons (Fsp3) is 0.926. The summed E-state index contributed by atoms with van der Waals surface area (Å²) in [7, 11) is -4.87. The second-order valence-corrected chi connectivity index (χ2v) is 14.1. The van der Waals surface area contributed by atoms with Crippen LogP contribution in [0.1, 0.15) is 72.6 Å². The van der Waals surface area contributed by atoms with E-state index in [0.29, 0.717) is 25.2 Å². The topological polar surface area (TPSA) is 163 Å². The molecule has 0 aromatic heterocycles. The second-order valence-electron chi connectivity index (χ2n) is 13.0. The van der Waals surface area contributed by atoms with Gasteiger partial charge in [-0.05, 0) is 93.3 Å². The molecule has 4 aliphatic carbocycles. The van der Waals surface area contributed by atoms with E-state index in [2.05, 4.69) is 24.1 Å². The van der Waals surface area contributed by atoms with Crippen LogP contribution in [0.2, 0.25) is 0 Å². The summed E-state index contributed by atoms with van der Waals surface area (Å²) in [6.07, 6.45) is -0.0844. The molecule has 5 aliphatic rings. The minimum absolute atomic E-state index is 0.0177. The number of rotatable bonds is 5. The molecule has 0 amide bonds. The first-order valence-corrected chi connectivity index (χ1v) is 15.4. The van der Waals surface area contributed by atoms with Crippen LogP contribution in [0, 0.1) is 34.5 Å². The molecule has 11 heteroatoms. The summed E-state index contributed by atoms with van der Waals surface area (Å²) in [4.78, 5) is 0. The number of hydrogen-bond donors (Lipinski definition) is 5. The lowest BCUT2D eigenvalue weighted by Gasteiger charge is -2.59. The van der Waals surface area contributed by atoms with E-state index in [9.17, 15) is 28.8 Å². The normalized spacial score (nSPS) is 51.9. The molecular weight excluding hydrogens is 516 g/mol. The second kappa shape index (κ2) is 10.0. The number of allylic oxidation sites excluding steroid dienone is 2. The zero-order valence-corrected chi connectivity index (χ0v) is 23.5. The molecule has 1 saturated heterocycles. The Hall–Kier alpha value is -0.630. The summed E-state index contributed by atoms with van der Waals surface area (Å²) in [6.45, 7) is 7.93. The molecule has 0 spiro atoms. The van der Waals surface area contributed by atoms with E-state index in [4.69, 9.17) is 14.0 Å². The predicted octanol–water partition coefficient (Wildman–Crippen LogP) is 1.96. The molecule has 1 aliphatic heterocycles. The third-order valence-electron chi connectivity index (χ3n) is 11.0. The van der Waals surface area contributed by atoms with Crippen molar-refractivity contribution in [1.29, 1.82) is 0 Å². The van der Waals surface area contributed by atoms with Crippen LogP contribution in [-0.2, 0) is 24.1 Å². The Balaban J connectivity index is 1.43. The molecule has 38 heavy (non-hydrogen) atoms. The quantitative estimate of drug-likeness (QED) is 0.248. The summed E-state index contributed by atoms with van der Waals surface area (Å²) in [5.74, 6) is 0.814. The highest BCUT2D eigenvalue weighted by Crippen LogP contribution is 2.66. The molecular formula is C27H44O10S. The van der Waals surface area contributed by atoms with E-state index in [-0.39, 0.29) is 40.8 Å². The lowest BCUT2D eigenvalue weighted by atomic mass is 9.48. The van der Waals surface area contributed by atoms with Crippen molar-refractivity contribution in [1.82, 2.24) is 0 Å². The molecule has 0 aromatic carbocycles. The molecule has 14 atom stereocenters. The van der Waals surface area contributed by atoms with E-state index >= 15 is 0 Å².